The first-order chi connectivity index (χ1) is 7.79. The quantitative estimate of drug-likeness (QED) is 0.827. The molecule has 0 bridgehead atoms. The molecule has 0 spiro atoms. The molecule has 3 heteroatoms. The van der Waals surface area contributed by atoms with E-state index in [9.17, 15) is 5.11 Å². The third kappa shape index (κ3) is 2.18. The topological polar surface area (TPSA) is 56.9 Å². The third-order valence-corrected chi connectivity index (χ3v) is 2.34. The molecule has 0 atom stereocenters. The van der Waals surface area contributed by atoms with Crippen molar-refractivity contribution in [3.63, 3.8) is 0 Å². The summed E-state index contributed by atoms with van der Waals surface area (Å²) in [6.45, 7) is 0. The highest BCUT2D eigenvalue weighted by Crippen LogP contribution is 2.19. The lowest BCUT2D eigenvalue weighted by molar-refractivity contribution is 0.473. The molecule has 0 radical (unpaired) electrons. The van der Waals surface area contributed by atoms with Crippen molar-refractivity contribution in [3.8, 4) is 11.8 Å². The van der Waals surface area contributed by atoms with Gasteiger partial charge in [-0.05, 0) is 41.8 Å². The van der Waals surface area contributed by atoms with E-state index >= 15 is 0 Å². The number of hydrogen-bond donors (Lipinski definition) is 1. The van der Waals surface area contributed by atoms with Crippen molar-refractivity contribution in [2.75, 3.05) is 0 Å². The van der Waals surface area contributed by atoms with E-state index in [0.29, 0.717) is 5.56 Å². The van der Waals surface area contributed by atoms with Crippen molar-refractivity contribution in [1.82, 2.24) is 4.98 Å². The van der Waals surface area contributed by atoms with Crippen LogP contribution in [0.4, 0.5) is 0 Å². The van der Waals surface area contributed by atoms with Crippen LogP contribution in [0.15, 0.2) is 42.7 Å². The fourth-order valence-electron chi connectivity index (χ4n) is 1.52. The van der Waals surface area contributed by atoms with Gasteiger partial charge in [-0.2, -0.15) is 5.26 Å². The van der Waals surface area contributed by atoms with Gasteiger partial charge in [0.2, 0.25) is 0 Å². The molecule has 0 aliphatic heterocycles. The fourth-order valence-corrected chi connectivity index (χ4v) is 1.52. The van der Waals surface area contributed by atoms with E-state index in [0.717, 1.165) is 17.5 Å². The largest absolute Gasteiger partial charge is 0.507 e. The zero-order valence-electron chi connectivity index (χ0n) is 8.59. The summed E-state index contributed by atoms with van der Waals surface area (Å²) in [5.74, 6) is 0.0287. The number of rotatable bonds is 2. The van der Waals surface area contributed by atoms with Gasteiger partial charge in [0.25, 0.3) is 0 Å². The Morgan fingerprint density at radius 1 is 1.12 bits per heavy atom. The van der Waals surface area contributed by atoms with Gasteiger partial charge in [-0.1, -0.05) is 6.07 Å². The SMILES string of the molecule is N#Cc1cc(Cc2ccncc2)ccc1O. The number of aromatic hydroxyl groups is 1. The Bertz CT molecular complexity index is 529. The van der Waals surface area contributed by atoms with Gasteiger partial charge < -0.3 is 5.11 Å². The van der Waals surface area contributed by atoms with E-state index in [4.69, 9.17) is 5.26 Å². The molecule has 0 aliphatic rings. The summed E-state index contributed by atoms with van der Waals surface area (Å²) in [5.41, 5.74) is 2.44. The second-order valence-electron chi connectivity index (χ2n) is 3.50. The molecule has 1 aromatic carbocycles. The molecule has 2 rings (SSSR count). The lowest BCUT2D eigenvalue weighted by atomic mass is 10.0. The van der Waals surface area contributed by atoms with Crippen LogP contribution in [0.25, 0.3) is 0 Å². The summed E-state index contributed by atoms with van der Waals surface area (Å²) in [6, 6.07) is 10.9. The van der Waals surface area contributed by atoms with Gasteiger partial charge in [0.05, 0.1) is 5.56 Å². The zero-order valence-corrected chi connectivity index (χ0v) is 8.59. The molecule has 0 saturated heterocycles. The first-order valence-corrected chi connectivity index (χ1v) is 4.90. The zero-order chi connectivity index (χ0) is 11.4. The van der Waals surface area contributed by atoms with Crippen molar-refractivity contribution in [1.29, 1.82) is 5.26 Å². The smallest absolute Gasteiger partial charge is 0.133 e. The molecule has 2 aromatic rings. The minimum Gasteiger partial charge on any atom is -0.507 e. The normalized spacial score (nSPS) is 9.69. The Labute approximate surface area is 93.6 Å². The van der Waals surface area contributed by atoms with Gasteiger partial charge in [-0.15, -0.1) is 0 Å². The van der Waals surface area contributed by atoms with Crippen LogP contribution >= 0.6 is 0 Å². The fraction of sp³-hybridized carbons (Fsp3) is 0.0769. The van der Waals surface area contributed by atoms with E-state index in [-0.39, 0.29) is 5.75 Å². The van der Waals surface area contributed by atoms with Gasteiger partial charge in [0.1, 0.15) is 11.8 Å². The maximum absolute atomic E-state index is 9.37. The standard InChI is InChI=1S/C13H10N2O/c14-9-12-8-11(1-2-13(12)16)7-10-3-5-15-6-4-10/h1-6,8,16H,7H2. The van der Waals surface area contributed by atoms with E-state index in [1.54, 1.807) is 24.5 Å². The number of phenols is 1. The van der Waals surface area contributed by atoms with Crippen LogP contribution in [0.2, 0.25) is 0 Å². The number of nitriles is 1. The average molecular weight is 210 g/mol. The van der Waals surface area contributed by atoms with Crippen LogP contribution in [0.1, 0.15) is 16.7 Å². The van der Waals surface area contributed by atoms with Crippen molar-refractivity contribution in [2.24, 2.45) is 0 Å². The van der Waals surface area contributed by atoms with Crippen LogP contribution in [0.3, 0.4) is 0 Å². The molecule has 0 amide bonds. The highest BCUT2D eigenvalue weighted by atomic mass is 16.3. The first-order valence-electron chi connectivity index (χ1n) is 4.90. The van der Waals surface area contributed by atoms with Crippen LogP contribution < -0.4 is 0 Å². The molecular weight excluding hydrogens is 200 g/mol. The van der Waals surface area contributed by atoms with Crippen molar-refractivity contribution in [2.45, 2.75) is 6.42 Å². The molecule has 3 nitrogen and oxygen atoms in total. The monoisotopic (exact) mass is 210 g/mol. The number of aromatic nitrogens is 1. The number of nitrogens with zero attached hydrogens (tertiary/aromatic N) is 2. The highest BCUT2D eigenvalue weighted by molar-refractivity contribution is 5.45. The second-order valence-corrected chi connectivity index (χ2v) is 3.50. The number of benzene rings is 1. The Morgan fingerprint density at radius 2 is 1.88 bits per heavy atom. The summed E-state index contributed by atoms with van der Waals surface area (Å²) in [4.78, 5) is 3.94. The minimum absolute atomic E-state index is 0.0287. The molecule has 0 aliphatic carbocycles. The number of phenolic OH excluding ortho intramolecular Hbond substituents is 1. The molecule has 0 fully saturated rings. The van der Waals surface area contributed by atoms with Crippen LogP contribution in [0.5, 0.6) is 5.75 Å². The number of hydrogen-bond acceptors (Lipinski definition) is 3. The predicted octanol–water partition coefficient (Wildman–Crippen LogP) is 2.25. The molecule has 1 heterocycles. The lowest BCUT2D eigenvalue weighted by Crippen LogP contribution is -1.89. The maximum Gasteiger partial charge on any atom is 0.133 e. The molecule has 1 N–H and O–H groups in total. The summed E-state index contributed by atoms with van der Waals surface area (Å²) in [5, 5.41) is 18.2. The van der Waals surface area contributed by atoms with Gasteiger partial charge >= 0.3 is 0 Å². The Balaban J connectivity index is 2.27. The minimum atomic E-state index is 0.0287. The van der Waals surface area contributed by atoms with Gasteiger partial charge in [0.15, 0.2) is 0 Å². The molecule has 78 valence electrons. The maximum atomic E-state index is 9.37. The summed E-state index contributed by atoms with van der Waals surface area (Å²) in [7, 11) is 0. The van der Waals surface area contributed by atoms with E-state index in [1.807, 2.05) is 24.3 Å². The van der Waals surface area contributed by atoms with Crippen LogP contribution in [-0.2, 0) is 6.42 Å². The van der Waals surface area contributed by atoms with Crippen molar-refractivity contribution >= 4 is 0 Å². The first kappa shape index (κ1) is 10.2. The molecule has 0 unspecified atom stereocenters. The van der Waals surface area contributed by atoms with Gasteiger partial charge in [-0.3, -0.25) is 4.98 Å². The third-order valence-electron chi connectivity index (χ3n) is 2.34. The van der Waals surface area contributed by atoms with Gasteiger partial charge in [-0.25, -0.2) is 0 Å². The van der Waals surface area contributed by atoms with E-state index < -0.39 is 0 Å². The second kappa shape index (κ2) is 4.45. The predicted molar refractivity (Wildman–Crippen MR) is 59.9 cm³/mol. The Hall–Kier alpha value is -2.34. The van der Waals surface area contributed by atoms with Crippen LogP contribution in [-0.4, -0.2) is 10.1 Å². The van der Waals surface area contributed by atoms with Crippen molar-refractivity contribution in [3.05, 3.63) is 59.4 Å². The molecule has 0 saturated carbocycles. The summed E-state index contributed by atoms with van der Waals surface area (Å²) < 4.78 is 0. The highest BCUT2D eigenvalue weighted by Gasteiger charge is 2.02. The Morgan fingerprint density at radius 3 is 2.56 bits per heavy atom. The summed E-state index contributed by atoms with van der Waals surface area (Å²) >= 11 is 0. The molecular formula is C13H10N2O. The van der Waals surface area contributed by atoms with Gasteiger partial charge in [0, 0.05) is 12.4 Å². The van der Waals surface area contributed by atoms with E-state index in [1.165, 1.54) is 0 Å². The van der Waals surface area contributed by atoms with Crippen molar-refractivity contribution < 1.29 is 5.11 Å². The Kier molecular flexibility index (Phi) is 2.84. The van der Waals surface area contributed by atoms with E-state index in [2.05, 4.69) is 4.98 Å². The average Bonchev–Trinajstić information content (AvgIpc) is 2.33. The number of pyridine rings is 1. The summed E-state index contributed by atoms with van der Waals surface area (Å²) in [6.07, 6.45) is 4.21. The molecule has 16 heavy (non-hydrogen) atoms. The lowest BCUT2D eigenvalue weighted by Gasteiger charge is -2.03. The van der Waals surface area contributed by atoms with Crippen LogP contribution in [0, 0.1) is 11.3 Å². The molecule has 1 aromatic heterocycles.